The first-order chi connectivity index (χ1) is 13.2. The van der Waals surface area contributed by atoms with Crippen LogP contribution < -0.4 is 5.32 Å². The minimum Gasteiger partial charge on any atom is -0.468 e. The van der Waals surface area contributed by atoms with E-state index < -0.39 is 0 Å². The number of unbranched alkanes of at least 4 members (excludes halogenated alkanes) is 2. The van der Waals surface area contributed by atoms with Gasteiger partial charge in [0.25, 0.3) is 0 Å². The van der Waals surface area contributed by atoms with E-state index in [-0.39, 0.29) is 18.6 Å². The van der Waals surface area contributed by atoms with Crippen LogP contribution in [0.4, 0.5) is 5.82 Å². The highest BCUT2D eigenvalue weighted by molar-refractivity contribution is 5.87. The molecule has 0 amide bonds. The first-order valence-electron chi connectivity index (χ1n) is 9.27. The van der Waals surface area contributed by atoms with Crippen molar-refractivity contribution in [2.75, 3.05) is 12.4 Å². The van der Waals surface area contributed by atoms with Gasteiger partial charge >= 0.3 is 5.97 Å². The van der Waals surface area contributed by atoms with Gasteiger partial charge in [-0.3, -0.25) is 4.79 Å². The first-order valence-corrected chi connectivity index (χ1v) is 9.27. The second-order valence-electron chi connectivity index (χ2n) is 6.44. The predicted octanol–water partition coefficient (Wildman–Crippen LogP) is 3.73. The molecule has 142 valence electrons. The number of nitrogens with one attached hydrogen (secondary N) is 1. The fraction of sp³-hybridized carbons (Fsp3) is 0.400. The van der Waals surface area contributed by atoms with Gasteiger partial charge in [0.15, 0.2) is 5.65 Å². The summed E-state index contributed by atoms with van der Waals surface area (Å²) in [5.41, 5.74) is 1.83. The van der Waals surface area contributed by atoms with Gasteiger partial charge < -0.3 is 10.1 Å². The maximum absolute atomic E-state index is 11.6. The minimum absolute atomic E-state index is 0.0229. The molecule has 0 bridgehead atoms. The van der Waals surface area contributed by atoms with Crippen LogP contribution in [0.5, 0.6) is 0 Å². The average molecular weight is 367 g/mol. The molecule has 3 rings (SSSR count). The maximum atomic E-state index is 11.6. The lowest BCUT2D eigenvalue weighted by Gasteiger charge is -2.20. The molecule has 7 heteroatoms. The lowest BCUT2D eigenvalue weighted by atomic mass is 10.0. The Kier molecular flexibility index (Phi) is 6.35. The van der Waals surface area contributed by atoms with Gasteiger partial charge in [0.05, 0.1) is 24.7 Å². The monoisotopic (exact) mass is 367 g/mol. The van der Waals surface area contributed by atoms with E-state index in [1.807, 2.05) is 18.2 Å². The van der Waals surface area contributed by atoms with E-state index in [0.29, 0.717) is 5.65 Å². The van der Waals surface area contributed by atoms with Crippen LogP contribution in [0.2, 0.25) is 0 Å². The van der Waals surface area contributed by atoms with Gasteiger partial charge in [-0.2, -0.15) is 5.10 Å². The van der Waals surface area contributed by atoms with Gasteiger partial charge in [-0.15, -0.1) is 0 Å². The third-order valence-electron chi connectivity index (χ3n) is 4.55. The molecule has 1 unspecified atom stereocenters. The molecule has 3 aromatic rings. The van der Waals surface area contributed by atoms with E-state index in [1.54, 1.807) is 6.20 Å². The average Bonchev–Trinajstić information content (AvgIpc) is 3.11. The summed E-state index contributed by atoms with van der Waals surface area (Å²) in [6.07, 6.45) is 7.71. The quantitative estimate of drug-likeness (QED) is 0.458. The van der Waals surface area contributed by atoms with E-state index in [4.69, 9.17) is 4.74 Å². The Balaban J connectivity index is 1.87. The summed E-state index contributed by atoms with van der Waals surface area (Å²) in [4.78, 5) is 20.3. The Morgan fingerprint density at radius 2 is 2.04 bits per heavy atom. The number of ether oxygens (including phenoxy) is 1. The normalized spacial score (nSPS) is 12.1. The molecule has 0 aliphatic rings. The summed E-state index contributed by atoms with van der Waals surface area (Å²) >= 11 is 0. The van der Waals surface area contributed by atoms with Crippen molar-refractivity contribution < 1.29 is 9.53 Å². The number of hydrogen-bond acceptors (Lipinski definition) is 6. The number of carbonyl (C=O) groups is 1. The van der Waals surface area contributed by atoms with Crippen LogP contribution in [-0.2, 0) is 16.1 Å². The van der Waals surface area contributed by atoms with Crippen LogP contribution in [0.15, 0.2) is 42.9 Å². The zero-order chi connectivity index (χ0) is 19.1. The van der Waals surface area contributed by atoms with E-state index in [0.717, 1.165) is 24.0 Å². The van der Waals surface area contributed by atoms with Crippen LogP contribution in [0.1, 0.15) is 44.2 Å². The molecule has 0 saturated carbocycles. The Labute approximate surface area is 158 Å². The standard InChI is InChI=1S/C20H25N5O2/c1-3-4-6-11-17(15-9-7-5-8-10-15)24-19-16-12-23-25(13-18(26)27-2)20(16)22-14-21-19/h5,7-10,12,14,17H,3-4,6,11,13H2,1-2H3,(H,21,22,24). The van der Waals surface area contributed by atoms with Gasteiger partial charge in [-0.1, -0.05) is 56.5 Å². The number of anilines is 1. The molecule has 0 saturated heterocycles. The van der Waals surface area contributed by atoms with Gasteiger partial charge in [-0.25, -0.2) is 14.6 Å². The van der Waals surface area contributed by atoms with Crippen molar-refractivity contribution in [1.82, 2.24) is 19.7 Å². The van der Waals surface area contributed by atoms with Gasteiger partial charge in [0, 0.05) is 0 Å². The molecule has 1 aromatic carbocycles. The fourth-order valence-electron chi connectivity index (χ4n) is 3.08. The SMILES string of the molecule is CCCCCC(Nc1ncnc2c1cnn2CC(=O)OC)c1ccccc1. The molecule has 2 heterocycles. The number of rotatable bonds is 9. The molecule has 2 aromatic heterocycles. The number of benzene rings is 1. The van der Waals surface area contributed by atoms with Crippen LogP contribution in [-0.4, -0.2) is 32.8 Å². The zero-order valence-corrected chi connectivity index (χ0v) is 15.8. The number of esters is 1. The molecule has 0 spiro atoms. The fourth-order valence-corrected chi connectivity index (χ4v) is 3.08. The van der Waals surface area contributed by atoms with E-state index in [1.165, 1.54) is 36.5 Å². The van der Waals surface area contributed by atoms with Crippen molar-refractivity contribution in [2.24, 2.45) is 0 Å². The second kappa shape index (κ2) is 9.12. The minimum atomic E-state index is -0.366. The highest BCUT2D eigenvalue weighted by Gasteiger charge is 2.16. The van der Waals surface area contributed by atoms with Crippen molar-refractivity contribution in [3.05, 3.63) is 48.4 Å². The highest BCUT2D eigenvalue weighted by atomic mass is 16.5. The topological polar surface area (TPSA) is 81.9 Å². The molecule has 1 N–H and O–H groups in total. The number of aromatic nitrogens is 4. The van der Waals surface area contributed by atoms with Gasteiger partial charge in [0.2, 0.25) is 0 Å². The van der Waals surface area contributed by atoms with Crippen LogP contribution in [0.25, 0.3) is 11.0 Å². The Morgan fingerprint density at radius 1 is 1.22 bits per heavy atom. The molecule has 7 nitrogen and oxygen atoms in total. The van der Waals surface area contributed by atoms with Crippen molar-refractivity contribution in [3.8, 4) is 0 Å². The Morgan fingerprint density at radius 3 is 2.78 bits per heavy atom. The molecule has 0 fully saturated rings. The van der Waals surface area contributed by atoms with Crippen LogP contribution in [0.3, 0.4) is 0 Å². The Bertz CT molecular complexity index is 878. The second-order valence-corrected chi connectivity index (χ2v) is 6.44. The molecule has 0 aliphatic heterocycles. The third-order valence-corrected chi connectivity index (χ3v) is 4.55. The van der Waals surface area contributed by atoms with Crippen molar-refractivity contribution in [1.29, 1.82) is 0 Å². The number of nitrogens with zero attached hydrogens (tertiary/aromatic N) is 4. The number of fused-ring (bicyclic) bond motifs is 1. The number of methoxy groups -OCH3 is 1. The lowest BCUT2D eigenvalue weighted by Crippen LogP contribution is -2.14. The Hall–Kier alpha value is -2.96. The van der Waals surface area contributed by atoms with Crippen molar-refractivity contribution in [2.45, 2.75) is 45.2 Å². The molecule has 0 radical (unpaired) electrons. The van der Waals surface area contributed by atoms with Gasteiger partial charge in [0.1, 0.15) is 18.7 Å². The van der Waals surface area contributed by atoms with E-state index >= 15 is 0 Å². The molecule has 0 aliphatic carbocycles. The summed E-state index contributed by atoms with van der Waals surface area (Å²) < 4.78 is 6.25. The van der Waals surface area contributed by atoms with Crippen LogP contribution in [0, 0.1) is 0 Å². The van der Waals surface area contributed by atoms with E-state index in [2.05, 4.69) is 39.4 Å². The maximum Gasteiger partial charge on any atom is 0.327 e. The summed E-state index contributed by atoms with van der Waals surface area (Å²) in [6.45, 7) is 2.23. The van der Waals surface area contributed by atoms with Crippen LogP contribution >= 0.6 is 0 Å². The van der Waals surface area contributed by atoms with Crippen molar-refractivity contribution in [3.63, 3.8) is 0 Å². The number of carbonyl (C=O) groups excluding carboxylic acids is 1. The zero-order valence-electron chi connectivity index (χ0n) is 15.8. The summed E-state index contributed by atoms with van der Waals surface area (Å²) in [5.74, 6) is 0.358. The summed E-state index contributed by atoms with van der Waals surface area (Å²) in [6, 6.07) is 10.5. The van der Waals surface area contributed by atoms with E-state index in [9.17, 15) is 4.79 Å². The predicted molar refractivity (Wildman–Crippen MR) is 104 cm³/mol. The van der Waals surface area contributed by atoms with Crippen molar-refractivity contribution >= 4 is 22.8 Å². The first kappa shape index (κ1) is 18.8. The molecule has 27 heavy (non-hydrogen) atoms. The summed E-state index contributed by atoms with van der Waals surface area (Å²) in [7, 11) is 1.36. The lowest BCUT2D eigenvalue weighted by molar-refractivity contribution is -0.141. The highest BCUT2D eigenvalue weighted by Crippen LogP contribution is 2.27. The molecular formula is C20H25N5O2. The largest absolute Gasteiger partial charge is 0.468 e. The third kappa shape index (κ3) is 4.61. The summed E-state index contributed by atoms with van der Waals surface area (Å²) in [5, 5.41) is 8.62. The van der Waals surface area contributed by atoms with Gasteiger partial charge in [-0.05, 0) is 12.0 Å². The smallest absolute Gasteiger partial charge is 0.327 e. The molecular weight excluding hydrogens is 342 g/mol. The number of hydrogen-bond donors (Lipinski definition) is 1. The molecule has 1 atom stereocenters.